The Bertz CT molecular complexity index is 1310. The number of amides is 2. The van der Waals surface area contributed by atoms with Crippen LogP contribution in [0.4, 0.5) is 11.4 Å². The fourth-order valence-electron chi connectivity index (χ4n) is 3.24. The van der Waals surface area contributed by atoms with Crippen LogP contribution >= 0.6 is 11.6 Å². The second-order valence-corrected chi connectivity index (χ2v) is 9.94. The molecule has 0 heterocycles. The van der Waals surface area contributed by atoms with Gasteiger partial charge in [-0.2, -0.15) is 4.31 Å². The molecule has 8 nitrogen and oxygen atoms in total. The Morgan fingerprint density at radius 3 is 2.24 bits per heavy atom. The monoisotopic (exact) mass is 501 g/mol. The van der Waals surface area contributed by atoms with E-state index in [1.165, 1.54) is 49.7 Å². The van der Waals surface area contributed by atoms with E-state index in [2.05, 4.69) is 10.6 Å². The molecule has 0 fully saturated rings. The van der Waals surface area contributed by atoms with E-state index in [0.717, 1.165) is 0 Å². The van der Waals surface area contributed by atoms with Gasteiger partial charge in [-0.25, -0.2) is 8.42 Å². The summed E-state index contributed by atoms with van der Waals surface area (Å²) in [6.07, 6.45) is 0. The summed E-state index contributed by atoms with van der Waals surface area (Å²) in [4.78, 5) is 24.2. The maximum absolute atomic E-state index is 12.9. The molecule has 3 rings (SSSR count). The molecule has 178 valence electrons. The smallest absolute Gasteiger partial charge is 0.255 e. The van der Waals surface area contributed by atoms with Gasteiger partial charge < -0.3 is 15.4 Å². The molecule has 3 aromatic carbocycles. The van der Waals surface area contributed by atoms with Gasteiger partial charge in [-0.1, -0.05) is 17.7 Å². The molecule has 34 heavy (non-hydrogen) atoms. The van der Waals surface area contributed by atoms with Crippen molar-refractivity contribution >= 4 is 44.8 Å². The number of halogens is 1. The van der Waals surface area contributed by atoms with Gasteiger partial charge in [-0.3, -0.25) is 9.59 Å². The van der Waals surface area contributed by atoms with E-state index in [1.807, 2.05) is 0 Å². The largest absolute Gasteiger partial charge is 0.496 e. The van der Waals surface area contributed by atoms with E-state index in [-0.39, 0.29) is 17.3 Å². The first-order chi connectivity index (χ1) is 16.1. The normalized spacial score (nSPS) is 11.2. The summed E-state index contributed by atoms with van der Waals surface area (Å²) in [5.74, 6) is -0.171. The lowest BCUT2D eigenvalue weighted by Crippen LogP contribution is -2.27. The van der Waals surface area contributed by atoms with Gasteiger partial charge in [0.2, 0.25) is 15.9 Å². The van der Waals surface area contributed by atoms with Crippen LogP contribution in [-0.2, 0) is 21.4 Å². The number of anilines is 2. The Kier molecular flexibility index (Phi) is 7.93. The first-order valence-corrected chi connectivity index (χ1v) is 12.0. The summed E-state index contributed by atoms with van der Waals surface area (Å²) >= 11 is 5.87. The predicted molar refractivity (Wildman–Crippen MR) is 132 cm³/mol. The van der Waals surface area contributed by atoms with Gasteiger partial charge >= 0.3 is 0 Å². The second-order valence-electron chi connectivity index (χ2n) is 7.46. The highest BCUT2D eigenvalue weighted by Gasteiger charge is 2.22. The zero-order valence-corrected chi connectivity index (χ0v) is 20.4. The topological polar surface area (TPSA) is 105 Å². The number of carbonyl (C=O) groups excluding carboxylic acids is 2. The van der Waals surface area contributed by atoms with Crippen LogP contribution in [0, 0.1) is 0 Å². The standard InChI is InChI=1S/C24H24ClN3O5S/c1-16(29)26-20-5-4-6-21(14-20)27-24(30)17-7-12-23(33-3)18(13-17)15-28(2)34(31,32)22-10-8-19(25)9-11-22/h4-14H,15H2,1-3H3,(H,26,29)(H,27,30). The van der Waals surface area contributed by atoms with Crippen LogP contribution in [0.15, 0.2) is 71.6 Å². The van der Waals surface area contributed by atoms with E-state index >= 15 is 0 Å². The van der Waals surface area contributed by atoms with Crippen molar-refractivity contribution in [2.45, 2.75) is 18.4 Å². The van der Waals surface area contributed by atoms with Crippen molar-refractivity contribution in [1.29, 1.82) is 0 Å². The molecule has 10 heteroatoms. The van der Waals surface area contributed by atoms with Gasteiger partial charge in [-0.15, -0.1) is 0 Å². The van der Waals surface area contributed by atoms with Crippen LogP contribution in [0.3, 0.4) is 0 Å². The highest BCUT2D eigenvalue weighted by atomic mass is 35.5. The van der Waals surface area contributed by atoms with Crippen molar-refractivity contribution in [2.75, 3.05) is 24.8 Å². The van der Waals surface area contributed by atoms with Crippen molar-refractivity contribution in [3.63, 3.8) is 0 Å². The minimum Gasteiger partial charge on any atom is -0.496 e. The third-order valence-electron chi connectivity index (χ3n) is 4.90. The van der Waals surface area contributed by atoms with E-state index in [4.69, 9.17) is 16.3 Å². The van der Waals surface area contributed by atoms with Gasteiger partial charge in [-0.05, 0) is 60.7 Å². The van der Waals surface area contributed by atoms with Gasteiger partial charge in [0.05, 0.1) is 12.0 Å². The number of hydrogen-bond donors (Lipinski definition) is 2. The number of methoxy groups -OCH3 is 1. The molecule has 0 aliphatic heterocycles. The Morgan fingerprint density at radius 1 is 0.971 bits per heavy atom. The predicted octanol–water partition coefficient (Wildman–Crippen LogP) is 4.38. The minimum absolute atomic E-state index is 0.0206. The SMILES string of the molecule is COc1ccc(C(=O)Nc2cccc(NC(C)=O)c2)cc1CN(C)S(=O)(=O)c1ccc(Cl)cc1. The molecule has 0 atom stereocenters. The van der Waals surface area contributed by atoms with Gasteiger partial charge in [0.25, 0.3) is 5.91 Å². The van der Waals surface area contributed by atoms with Crippen LogP contribution in [0.5, 0.6) is 5.75 Å². The molecule has 2 N–H and O–H groups in total. The molecular weight excluding hydrogens is 478 g/mol. The fraction of sp³-hybridized carbons (Fsp3) is 0.167. The first kappa shape index (κ1) is 25.2. The summed E-state index contributed by atoms with van der Waals surface area (Å²) in [6.45, 7) is 1.38. The third kappa shape index (κ3) is 6.13. The molecule has 0 spiro atoms. The van der Waals surface area contributed by atoms with E-state index < -0.39 is 15.9 Å². The molecule has 0 bridgehead atoms. The quantitative estimate of drug-likeness (QED) is 0.476. The summed E-state index contributed by atoms with van der Waals surface area (Å²) < 4.78 is 32.4. The molecule has 0 aliphatic carbocycles. The van der Waals surface area contributed by atoms with Crippen molar-refractivity contribution in [1.82, 2.24) is 4.31 Å². The molecule has 3 aromatic rings. The van der Waals surface area contributed by atoms with Crippen LogP contribution in [0.25, 0.3) is 0 Å². The molecule has 2 amide bonds. The lowest BCUT2D eigenvalue weighted by Gasteiger charge is -2.19. The zero-order chi connectivity index (χ0) is 24.9. The molecule has 0 radical (unpaired) electrons. The number of nitrogens with one attached hydrogen (secondary N) is 2. The van der Waals surface area contributed by atoms with Crippen molar-refractivity contribution in [3.05, 3.63) is 82.9 Å². The highest BCUT2D eigenvalue weighted by Crippen LogP contribution is 2.25. The Balaban J connectivity index is 1.82. The molecule has 0 unspecified atom stereocenters. The van der Waals surface area contributed by atoms with Gasteiger partial charge in [0.15, 0.2) is 0 Å². The van der Waals surface area contributed by atoms with Gasteiger partial charge in [0.1, 0.15) is 5.75 Å². The first-order valence-electron chi connectivity index (χ1n) is 10.2. The lowest BCUT2D eigenvalue weighted by atomic mass is 10.1. The van der Waals surface area contributed by atoms with Crippen molar-refractivity contribution in [2.24, 2.45) is 0 Å². The van der Waals surface area contributed by atoms with Crippen LogP contribution in [0.2, 0.25) is 5.02 Å². The summed E-state index contributed by atoms with van der Waals surface area (Å²) in [7, 11) is -0.871. The molecule has 0 aromatic heterocycles. The van der Waals surface area contributed by atoms with Crippen LogP contribution in [0.1, 0.15) is 22.8 Å². The average Bonchev–Trinajstić information content (AvgIpc) is 2.79. The molecular formula is C24H24ClN3O5S. The van der Waals surface area contributed by atoms with Crippen LogP contribution < -0.4 is 15.4 Å². The summed E-state index contributed by atoms with van der Waals surface area (Å²) in [5.41, 5.74) is 1.88. The number of benzene rings is 3. The Labute approximate surface area is 203 Å². The average molecular weight is 502 g/mol. The number of sulfonamides is 1. The maximum Gasteiger partial charge on any atom is 0.255 e. The van der Waals surface area contributed by atoms with Crippen molar-refractivity contribution < 1.29 is 22.7 Å². The maximum atomic E-state index is 12.9. The third-order valence-corrected chi connectivity index (χ3v) is 6.97. The molecule has 0 saturated carbocycles. The number of ether oxygens (including phenoxy) is 1. The highest BCUT2D eigenvalue weighted by molar-refractivity contribution is 7.89. The molecule has 0 saturated heterocycles. The summed E-state index contributed by atoms with van der Waals surface area (Å²) in [6, 6.07) is 17.4. The second kappa shape index (κ2) is 10.7. The van der Waals surface area contributed by atoms with E-state index in [9.17, 15) is 18.0 Å². The van der Waals surface area contributed by atoms with E-state index in [1.54, 1.807) is 42.5 Å². The number of rotatable bonds is 8. The van der Waals surface area contributed by atoms with E-state index in [0.29, 0.717) is 33.3 Å². The Morgan fingerprint density at radius 2 is 1.62 bits per heavy atom. The lowest BCUT2D eigenvalue weighted by molar-refractivity contribution is -0.114. The molecule has 0 aliphatic rings. The fourth-order valence-corrected chi connectivity index (χ4v) is 4.51. The number of nitrogens with zero attached hydrogens (tertiary/aromatic N) is 1. The number of carbonyl (C=O) groups is 2. The number of hydrogen-bond acceptors (Lipinski definition) is 5. The Hall–Kier alpha value is -3.40. The van der Waals surface area contributed by atoms with Crippen LogP contribution in [-0.4, -0.2) is 38.7 Å². The van der Waals surface area contributed by atoms with Gasteiger partial charge in [0, 0.05) is 48.0 Å². The zero-order valence-electron chi connectivity index (χ0n) is 18.8. The summed E-state index contributed by atoms with van der Waals surface area (Å²) in [5, 5.41) is 5.87. The van der Waals surface area contributed by atoms with Crippen molar-refractivity contribution in [3.8, 4) is 5.75 Å². The minimum atomic E-state index is -3.79.